The summed E-state index contributed by atoms with van der Waals surface area (Å²) in [6.45, 7) is 0.649. The van der Waals surface area contributed by atoms with Crippen molar-refractivity contribution in [1.29, 1.82) is 0 Å². The molecule has 1 fully saturated rings. The minimum atomic E-state index is -0.838. The molecule has 2 unspecified atom stereocenters. The average Bonchev–Trinajstić information content (AvgIpc) is 3.13. The van der Waals surface area contributed by atoms with Gasteiger partial charge in [0.05, 0.1) is 20.3 Å². The second kappa shape index (κ2) is 8.38. The summed E-state index contributed by atoms with van der Waals surface area (Å²) in [5.74, 6) is 0.434. The molecule has 0 aromatic heterocycles. The molecule has 144 valence electrons. The molecule has 1 saturated heterocycles. The van der Waals surface area contributed by atoms with Gasteiger partial charge in [0.15, 0.2) is 0 Å². The smallest absolute Gasteiger partial charge is 0.320 e. The van der Waals surface area contributed by atoms with E-state index in [-0.39, 0.29) is 6.04 Å². The van der Waals surface area contributed by atoms with Crippen LogP contribution in [-0.4, -0.2) is 42.8 Å². The lowest BCUT2D eigenvalue weighted by molar-refractivity contribution is -0.142. The number of carboxylic acids is 1. The van der Waals surface area contributed by atoms with E-state index in [1.807, 2.05) is 23.1 Å². The van der Waals surface area contributed by atoms with E-state index in [2.05, 4.69) is 0 Å². The van der Waals surface area contributed by atoms with Gasteiger partial charge in [-0.05, 0) is 42.7 Å². The maximum absolute atomic E-state index is 11.8. The zero-order chi connectivity index (χ0) is 19.6. The van der Waals surface area contributed by atoms with Crippen LogP contribution in [0.3, 0.4) is 0 Å². The van der Waals surface area contributed by atoms with Crippen molar-refractivity contribution in [3.8, 4) is 11.5 Å². The van der Waals surface area contributed by atoms with E-state index in [1.165, 1.54) is 0 Å². The Morgan fingerprint density at radius 2 is 1.89 bits per heavy atom. The van der Waals surface area contributed by atoms with Crippen molar-refractivity contribution in [3.63, 3.8) is 0 Å². The largest absolute Gasteiger partial charge is 0.497 e. The second-order valence-electron chi connectivity index (χ2n) is 6.41. The molecule has 0 aliphatic carbocycles. The zero-order valence-electron chi connectivity index (χ0n) is 15.1. The minimum absolute atomic E-state index is 0.376. The monoisotopic (exact) mass is 409 g/mol. The number of carbonyl (C=O) groups is 1. The van der Waals surface area contributed by atoms with Gasteiger partial charge in [0.2, 0.25) is 0 Å². The predicted molar refractivity (Wildman–Crippen MR) is 105 cm³/mol. The van der Waals surface area contributed by atoms with E-state index in [1.54, 1.807) is 32.4 Å². The first-order valence-electron chi connectivity index (χ1n) is 8.61. The second-order valence-corrected chi connectivity index (χ2v) is 7.25. The maximum atomic E-state index is 11.8. The summed E-state index contributed by atoms with van der Waals surface area (Å²) in [6, 6.07) is 9.83. The van der Waals surface area contributed by atoms with Gasteiger partial charge in [-0.15, -0.1) is 0 Å². The molecule has 2 aromatic carbocycles. The number of nitrogens with zero attached hydrogens (tertiary/aromatic N) is 1. The molecule has 1 heterocycles. The van der Waals surface area contributed by atoms with E-state index < -0.39 is 12.0 Å². The van der Waals surface area contributed by atoms with Crippen LogP contribution in [0, 0.1) is 0 Å². The van der Waals surface area contributed by atoms with Gasteiger partial charge in [-0.1, -0.05) is 29.3 Å². The Balaban J connectivity index is 2.17. The van der Waals surface area contributed by atoms with Gasteiger partial charge >= 0.3 is 5.97 Å². The number of ether oxygens (including phenoxy) is 2. The molecule has 7 heteroatoms. The molecule has 2 atom stereocenters. The number of benzene rings is 2. The molecule has 1 aliphatic rings. The molecular weight excluding hydrogens is 389 g/mol. The summed E-state index contributed by atoms with van der Waals surface area (Å²) in [5.41, 5.74) is 1.62. The van der Waals surface area contributed by atoms with Crippen LogP contribution in [0.1, 0.15) is 30.0 Å². The van der Waals surface area contributed by atoms with Gasteiger partial charge < -0.3 is 14.6 Å². The lowest BCUT2D eigenvalue weighted by Crippen LogP contribution is -2.39. The van der Waals surface area contributed by atoms with E-state index in [4.69, 9.17) is 32.7 Å². The lowest BCUT2D eigenvalue weighted by Gasteiger charge is -2.33. The quantitative estimate of drug-likeness (QED) is 0.752. The van der Waals surface area contributed by atoms with Crippen LogP contribution in [0.5, 0.6) is 11.5 Å². The number of hydrogen-bond acceptors (Lipinski definition) is 4. The molecule has 3 rings (SSSR count). The number of methoxy groups -OCH3 is 2. The first-order valence-corrected chi connectivity index (χ1v) is 9.37. The molecule has 0 saturated carbocycles. The summed E-state index contributed by atoms with van der Waals surface area (Å²) in [5, 5.41) is 10.7. The highest BCUT2D eigenvalue weighted by atomic mass is 35.5. The van der Waals surface area contributed by atoms with Crippen molar-refractivity contribution < 1.29 is 19.4 Å². The van der Waals surface area contributed by atoms with Gasteiger partial charge in [0.25, 0.3) is 0 Å². The standard InChI is InChI=1S/C20H21Cl2NO4/c1-26-13-6-8-15(18(11-13)27-2)19(14-7-5-12(21)10-16(14)22)23-9-3-4-17(23)20(24)25/h5-8,10-11,17,19H,3-4,9H2,1-2H3,(H,24,25). The van der Waals surface area contributed by atoms with Crippen molar-refractivity contribution in [2.24, 2.45) is 0 Å². The Bertz CT molecular complexity index is 843. The van der Waals surface area contributed by atoms with E-state index in [9.17, 15) is 9.90 Å². The third kappa shape index (κ3) is 4.00. The molecule has 5 nitrogen and oxygen atoms in total. The topological polar surface area (TPSA) is 59.0 Å². The summed E-state index contributed by atoms with van der Waals surface area (Å²) in [4.78, 5) is 13.8. The number of carboxylic acid groups (broad SMARTS) is 1. The van der Waals surface area contributed by atoms with Gasteiger partial charge in [-0.2, -0.15) is 0 Å². The van der Waals surface area contributed by atoms with Crippen molar-refractivity contribution >= 4 is 29.2 Å². The van der Waals surface area contributed by atoms with Gasteiger partial charge in [-0.25, -0.2) is 0 Å². The number of halogens is 2. The van der Waals surface area contributed by atoms with Gasteiger partial charge in [0.1, 0.15) is 17.5 Å². The average molecular weight is 410 g/mol. The number of hydrogen-bond donors (Lipinski definition) is 1. The number of aliphatic carboxylic acids is 1. The molecule has 1 N–H and O–H groups in total. The van der Waals surface area contributed by atoms with E-state index >= 15 is 0 Å². The maximum Gasteiger partial charge on any atom is 0.320 e. The normalized spacial score (nSPS) is 18.3. The molecular formula is C20H21Cl2NO4. The van der Waals surface area contributed by atoms with Crippen LogP contribution in [0.25, 0.3) is 0 Å². The Kier molecular flexibility index (Phi) is 6.15. The minimum Gasteiger partial charge on any atom is -0.497 e. The first kappa shape index (κ1) is 19.8. The summed E-state index contributed by atoms with van der Waals surface area (Å²) >= 11 is 12.6. The van der Waals surface area contributed by atoms with Crippen LogP contribution < -0.4 is 9.47 Å². The highest BCUT2D eigenvalue weighted by molar-refractivity contribution is 6.35. The summed E-state index contributed by atoms with van der Waals surface area (Å²) in [7, 11) is 3.17. The SMILES string of the molecule is COc1ccc(C(c2ccc(Cl)cc2Cl)N2CCCC2C(=O)O)c(OC)c1. The highest BCUT2D eigenvalue weighted by Crippen LogP contribution is 2.42. The van der Waals surface area contributed by atoms with E-state index in [0.717, 1.165) is 17.5 Å². The molecule has 2 aromatic rings. The van der Waals surface area contributed by atoms with Crippen molar-refractivity contribution in [2.45, 2.75) is 24.9 Å². The Morgan fingerprint density at radius 3 is 2.52 bits per heavy atom. The Hall–Kier alpha value is -1.95. The third-order valence-electron chi connectivity index (χ3n) is 4.90. The molecule has 27 heavy (non-hydrogen) atoms. The van der Waals surface area contributed by atoms with Crippen molar-refractivity contribution in [1.82, 2.24) is 4.90 Å². The van der Waals surface area contributed by atoms with Gasteiger partial charge in [-0.3, -0.25) is 9.69 Å². The fourth-order valence-electron chi connectivity index (χ4n) is 3.66. The molecule has 0 bridgehead atoms. The van der Waals surface area contributed by atoms with Crippen molar-refractivity contribution in [3.05, 3.63) is 57.6 Å². The van der Waals surface area contributed by atoms with Crippen LogP contribution in [0.15, 0.2) is 36.4 Å². The van der Waals surface area contributed by atoms with Crippen molar-refractivity contribution in [2.75, 3.05) is 20.8 Å². The number of likely N-dealkylation sites (tertiary alicyclic amines) is 1. The summed E-state index contributed by atoms with van der Waals surface area (Å²) < 4.78 is 10.9. The predicted octanol–water partition coefficient (Wildman–Crippen LogP) is 4.65. The third-order valence-corrected chi connectivity index (χ3v) is 5.47. The highest BCUT2D eigenvalue weighted by Gasteiger charge is 2.38. The van der Waals surface area contributed by atoms with Crippen LogP contribution in [-0.2, 0) is 4.79 Å². The lowest BCUT2D eigenvalue weighted by atomic mass is 9.95. The summed E-state index contributed by atoms with van der Waals surface area (Å²) in [6.07, 6.45) is 1.40. The fourth-order valence-corrected chi connectivity index (χ4v) is 4.17. The molecule has 0 radical (unpaired) electrons. The zero-order valence-corrected chi connectivity index (χ0v) is 16.6. The van der Waals surface area contributed by atoms with E-state index in [0.29, 0.717) is 34.5 Å². The van der Waals surface area contributed by atoms with Crippen LogP contribution in [0.2, 0.25) is 10.0 Å². The van der Waals surface area contributed by atoms with Crippen LogP contribution >= 0.6 is 23.2 Å². The number of rotatable bonds is 6. The molecule has 1 aliphatic heterocycles. The first-order chi connectivity index (χ1) is 13.0. The molecule has 0 spiro atoms. The fraction of sp³-hybridized carbons (Fsp3) is 0.350. The van der Waals surface area contributed by atoms with Crippen LogP contribution in [0.4, 0.5) is 0 Å². The Labute approximate surface area is 168 Å². The van der Waals surface area contributed by atoms with Gasteiger partial charge in [0, 0.05) is 28.2 Å². The Morgan fingerprint density at radius 1 is 1.15 bits per heavy atom. The molecule has 0 amide bonds.